The second-order valence-electron chi connectivity index (χ2n) is 3.62. The van der Waals surface area contributed by atoms with Gasteiger partial charge in [0.05, 0.1) is 12.6 Å². The average Bonchev–Trinajstić information content (AvgIpc) is 2.76. The Balaban J connectivity index is 0.000000209. The molecule has 0 bridgehead atoms. The molecule has 0 radical (unpaired) electrons. The van der Waals surface area contributed by atoms with Crippen molar-refractivity contribution in [1.29, 1.82) is 0 Å². The molecule has 8 nitrogen and oxygen atoms in total. The third-order valence-electron chi connectivity index (χ3n) is 2.41. The van der Waals surface area contributed by atoms with Crippen LogP contribution in [0.3, 0.4) is 0 Å². The fourth-order valence-electron chi connectivity index (χ4n) is 1.82. The lowest BCUT2D eigenvalue weighted by Gasteiger charge is -2.17. The Kier molecular flexibility index (Phi) is 3.28. The van der Waals surface area contributed by atoms with Gasteiger partial charge in [0.2, 0.25) is 0 Å². The van der Waals surface area contributed by atoms with E-state index in [9.17, 15) is 0 Å². The van der Waals surface area contributed by atoms with Crippen molar-refractivity contribution in [1.82, 2.24) is 15.1 Å². The van der Waals surface area contributed by atoms with Crippen molar-refractivity contribution in [3.8, 4) is 11.4 Å². The van der Waals surface area contributed by atoms with Crippen LogP contribution in [0.5, 0.6) is 0 Å². The van der Waals surface area contributed by atoms with Crippen LogP contribution in [0, 0.1) is 10.2 Å². The second kappa shape index (κ2) is 4.59. The molecule has 0 spiro atoms. The highest BCUT2D eigenvalue weighted by atomic mass is 35.7. The largest absolute Gasteiger partial charge is 0.289 e. The molecule has 0 N–H and O–H groups in total. The number of fused-ring (bicyclic) bond motifs is 3. The maximum absolute atomic E-state index is 8.49. The number of nitrogens with zero attached hydrogens (tertiary/aromatic N) is 4. The van der Waals surface area contributed by atoms with Crippen LogP contribution >= 0.6 is 0 Å². The zero-order valence-corrected chi connectivity index (χ0v) is 10.1. The number of aryl methyl sites for hydroxylation is 1. The topological polar surface area (TPSA) is 127 Å². The molecule has 0 saturated carbocycles. The summed E-state index contributed by atoms with van der Waals surface area (Å²) in [5, 5.41) is 8.01. The molecule has 0 unspecified atom stereocenters. The molecule has 0 fully saturated rings. The lowest BCUT2D eigenvalue weighted by Crippen LogP contribution is -2.68. The van der Waals surface area contributed by atoms with Crippen LogP contribution in [-0.4, -0.2) is 15.1 Å². The molecule has 18 heavy (non-hydrogen) atoms. The SMILES string of the molecule is C[n+]1nnn2c1-c1ccccc1C2.[O-][Cl+3]([O-])([O-])[O-]. The Hall–Kier alpha value is -1.58. The normalized spacial score (nSPS) is 12.5. The van der Waals surface area contributed by atoms with Gasteiger partial charge in [0.25, 0.3) is 5.82 Å². The van der Waals surface area contributed by atoms with Crippen molar-refractivity contribution in [3.05, 3.63) is 29.8 Å². The fraction of sp³-hybridized carbons (Fsp3) is 0.222. The molecule has 1 aromatic carbocycles. The van der Waals surface area contributed by atoms with Crippen molar-refractivity contribution in [2.75, 3.05) is 0 Å². The summed E-state index contributed by atoms with van der Waals surface area (Å²) in [7, 11) is -3.03. The van der Waals surface area contributed by atoms with Gasteiger partial charge >= 0.3 is 0 Å². The first kappa shape index (κ1) is 12.9. The summed E-state index contributed by atoms with van der Waals surface area (Å²) in [6.07, 6.45) is 0. The molecule has 9 heteroatoms. The summed E-state index contributed by atoms with van der Waals surface area (Å²) in [5.41, 5.74) is 2.57. The van der Waals surface area contributed by atoms with Crippen LogP contribution in [0.15, 0.2) is 24.3 Å². The number of hydrogen-bond acceptors (Lipinski definition) is 6. The molecule has 0 saturated heterocycles. The predicted molar refractivity (Wildman–Crippen MR) is 45.7 cm³/mol. The molecular weight excluding hydrogens is 264 g/mol. The van der Waals surface area contributed by atoms with Gasteiger partial charge in [0.1, 0.15) is 11.8 Å². The van der Waals surface area contributed by atoms with Crippen molar-refractivity contribution in [3.63, 3.8) is 0 Å². The molecule has 1 aliphatic rings. The Morgan fingerprint density at radius 2 is 1.83 bits per heavy atom. The summed E-state index contributed by atoms with van der Waals surface area (Å²) in [6, 6.07) is 8.34. The molecule has 2 heterocycles. The minimum atomic E-state index is -4.94. The van der Waals surface area contributed by atoms with E-state index in [2.05, 4.69) is 28.6 Å². The van der Waals surface area contributed by atoms with Crippen LogP contribution in [0.1, 0.15) is 5.56 Å². The summed E-state index contributed by atoms with van der Waals surface area (Å²) < 4.78 is 37.7. The van der Waals surface area contributed by atoms with Crippen molar-refractivity contribution in [2.24, 2.45) is 7.05 Å². The minimum Gasteiger partial charge on any atom is -0.222 e. The van der Waals surface area contributed by atoms with Crippen molar-refractivity contribution >= 4 is 0 Å². The fourth-order valence-corrected chi connectivity index (χ4v) is 1.82. The molecule has 1 aliphatic heterocycles. The van der Waals surface area contributed by atoms with Crippen LogP contribution < -0.4 is 23.3 Å². The third-order valence-corrected chi connectivity index (χ3v) is 2.41. The van der Waals surface area contributed by atoms with Gasteiger partial charge in [0, 0.05) is 5.56 Å². The molecule has 0 amide bonds. The maximum atomic E-state index is 8.49. The number of tetrazole rings is 1. The lowest BCUT2D eigenvalue weighted by atomic mass is 10.1. The van der Waals surface area contributed by atoms with Gasteiger partial charge in [-0.15, -0.1) is 14.9 Å². The molecule has 96 valence electrons. The van der Waals surface area contributed by atoms with E-state index in [4.69, 9.17) is 18.6 Å². The first-order valence-electron chi connectivity index (χ1n) is 4.86. The van der Waals surface area contributed by atoms with Crippen LogP contribution in [0.2, 0.25) is 0 Å². The zero-order chi connectivity index (χ0) is 13.3. The number of halogens is 1. The Morgan fingerprint density at radius 3 is 2.50 bits per heavy atom. The van der Waals surface area contributed by atoms with Gasteiger partial charge in [-0.05, 0) is 6.07 Å². The van der Waals surface area contributed by atoms with Crippen molar-refractivity contribution in [2.45, 2.75) is 6.54 Å². The van der Waals surface area contributed by atoms with Gasteiger partial charge in [-0.3, -0.25) is 0 Å². The number of benzene rings is 1. The van der Waals surface area contributed by atoms with Crippen LogP contribution in [0.4, 0.5) is 0 Å². The van der Waals surface area contributed by atoms with E-state index >= 15 is 0 Å². The summed E-state index contributed by atoms with van der Waals surface area (Å²) in [4.78, 5) is 0. The van der Waals surface area contributed by atoms with Gasteiger partial charge in [-0.1, -0.05) is 22.9 Å². The van der Waals surface area contributed by atoms with Gasteiger partial charge in [-0.2, -0.15) is 0 Å². The van der Waals surface area contributed by atoms with Crippen LogP contribution in [-0.2, 0) is 13.6 Å². The molecule has 3 rings (SSSR count). The summed E-state index contributed by atoms with van der Waals surface area (Å²) in [5.74, 6) is 1.09. The third kappa shape index (κ3) is 2.81. The van der Waals surface area contributed by atoms with Crippen molar-refractivity contribution < 1.29 is 33.6 Å². The van der Waals surface area contributed by atoms with E-state index < -0.39 is 10.2 Å². The zero-order valence-electron chi connectivity index (χ0n) is 9.32. The monoisotopic (exact) mass is 272 g/mol. The second-order valence-corrected chi connectivity index (χ2v) is 4.37. The standard InChI is InChI=1S/C9H9N4.ClHO4/c1-12-9-8-5-3-2-4-7(8)6-13(9)11-10-12;2-1(3,4)5/h2-5H,6H2,1H3;(H,2,3,4,5)/q+1;/p-1. The average molecular weight is 273 g/mol. The van der Waals surface area contributed by atoms with Gasteiger partial charge < -0.3 is 0 Å². The highest BCUT2D eigenvalue weighted by Crippen LogP contribution is 2.26. The Bertz CT molecular complexity index is 560. The first-order chi connectivity index (χ1) is 8.36. The Morgan fingerprint density at radius 1 is 1.22 bits per heavy atom. The smallest absolute Gasteiger partial charge is 0.222 e. The van der Waals surface area contributed by atoms with E-state index in [0.29, 0.717) is 0 Å². The van der Waals surface area contributed by atoms with Gasteiger partial charge in [0.15, 0.2) is 5.21 Å². The van der Waals surface area contributed by atoms with E-state index in [0.717, 1.165) is 12.4 Å². The van der Waals surface area contributed by atoms with E-state index in [1.54, 1.807) is 0 Å². The van der Waals surface area contributed by atoms with Gasteiger partial charge in [-0.25, -0.2) is 18.6 Å². The van der Waals surface area contributed by atoms with E-state index in [-0.39, 0.29) is 0 Å². The quantitative estimate of drug-likeness (QED) is 0.379. The Labute approximate surface area is 104 Å². The molecule has 0 atom stereocenters. The predicted octanol–water partition coefficient (Wildman–Crippen LogP) is -4.62. The highest BCUT2D eigenvalue weighted by Gasteiger charge is 2.29. The first-order valence-corrected chi connectivity index (χ1v) is 6.09. The number of rotatable bonds is 0. The van der Waals surface area contributed by atoms with Crippen LogP contribution in [0.25, 0.3) is 11.4 Å². The summed E-state index contributed by atoms with van der Waals surface area (Å²) >= 11 is 0. The lowest BCUT2D eigenvalue weighted by molar-refractivity contribution is -2.00. The number of aromatic nitrogens is 4. The summed E-state index contributed by atoms with van der Waals surface area (Å²) in [6.45, 7) is 0.847. The number of hydrogen-bond donors (Lipinski definition) is 0. The molecule has 0 aliphatic carbocycles. The minimum absolute atomic E-state index is 0.847. The van der Waals surface area contributed by atoms with E-state index in [1.807, 2.05) is 22.5 Å². The molecule has 2 aromatic rings. The molecule has 1 aromatic heterocycles. The molecular formula is C9H9ClN4O4. The highest BCUT2D eigenvalue weighted by molar-refractivity contribution is 5.61. The maximum Gasteiger partial charge on any atom is 0.289 e. The van der Waals surface area contributed by atoms with E-state index in [1.165, 1.54) is 11.1 Å².